The van der Waals surface area contributed by atoms with E-state index in [-0.39, 0.29) is 29.0 Å². The summed E-state index contributed by atoms with van der Waals surface area (Å²) in [6.45, 7) is 1.49. The molecule has 0 radical (unpaired) electrons. The van der Waals surface area contributed by atoms with Gasteiger partial charge in [0.15, 0.2) is 11.6 Å². The molecule has 2 aliphatic heterocycles. The number of hydrogen-bond donors (Lipinski definition) is 2. The molecular weight excluding hydrogens is 433 g/mol. The normalized spacial score (nSPS) is 29.8. The van der Waals surface area contributed by atoms with Crippen LogP contribution in [0.25, 0.3) is 15.7 Å². The second-order valence-electron chi connectivity index (χ2n) is 9.45. The van der Waals surface area contributed by atoms with Crippen molar-refractivity contribution in [2.75, 3.05) is 18.0 Å². The number of nitrogens with two attached hydrogens (primary N) is 1. The number of allylic oxidation sites excluding steroid dienone is 1. The number of carboxylic acids is 1. The molecule has 1 aromatic carbocycles. The van der Waals surface area contributed by atoms with Gasteiger partial charge in [0.05, 0.1) is 11.1 Å². The summed E-state index contributed by atoms with van der Waals surface area (Å²) < 4.78 is 23.4. The molecule has 2 fully saturated rings. The molecular formula is C23H20FN3O4S. The smallest absolute Gasteiger partial charge is 0.342 e. The number of benzene rings is 1. The van der Waals surface area contributed by atoms with Crippen LogP contribution in [-0.2, 0) is 6.61 Å². The van der Waals surface area contributed by atoms with Gasteiger partial charge in [-0.2, -0.15) is 0 Å². The second kappa shape index (κ2) is 5.90. The lowest BCUT2D eigenvalue weighted by Gasteiger charge is -2.47. The fraction of sp³-hybridized carbons (Fsp3) is 0.391. The van der Waals surface area contributed by atoms with Crippen LogP contribution in [-0.4, -0.2) is 34.1 Å². The van der Waals surface area contributed by atoms with Crippen molar-refractivity contribution in [1.82, 2.24) is 4.40 Å². The van der Waals surface area contributed by atoms with Gasteiger partial charge in [0, 0.05) is 29.9 Å². The van der Waals surface area contributed by atoms with E-state index in [1.54, 1.807) is 9.78 Å². The van der Waals surface area contributed by atoms with Gasteiger partial charge < -0.3 is 20.5 Å². The Balaban J connectivity index is 1.47. The van der Waals surface area contributed by atoms with Crippen LogP contribution in [0.2, 0.25) is 0 Å². The van der Waals surface area contributed by atoms with Crippen LogP contribution in [0.4, 0.5) is 10.1 Å². The molecule has 3 aliphatic carbocycles. The average Bonchev–Trinajstić information content (AvgIpc) is 3.39. The standard InChI is InChI=1S/C23H20FN3O4S/c24-15-5-12-17-20(31-8-11-9-32-21(27(11)17)16(19(12)28)22(29)30)18(15)26-6-13-10-1-3-23(25,4-2-10)14(13)7-26/h1,3,5,9-10,13-14H,2,4,6-8,25H2,(H,29,30). The number of ether oxygens (including phenoxy) is 1. The maximum absolute atomic E-state index is 15.6. The van der Waals surface area contributed by atoms with Crippen molar-refractivity contribution < 1.29 is 19.0 Å². The molecule has 32 heavy (non-hydrogen) atoms. The quantitative estimate of drug-likeness (QED) is 0.579. The van der Waals surface area contributed by atoms with Crippen LogP contribution in [0.5, 0.6) is 5.75 Å². The van der Waals surface area contributed by atoms with E-state index in [1.807, 2.05) is 4.90 Å². The lowest BCUT2D eigenvalue weighted by atomic mass is 9.60. The molecule has 4 heterocycles. The molecule has 9 heteroatoms. The maximum Gasteiger partial charge on any atom is 0.342 e. The third-order valence-corrected chi connectivity index (χ3v) is 8.95. The third kappa shape index (κ3) is 2.13. The Morgan fingerprint density at radius 3 is 2.94 bits per heavy atom. The largest absolute Gasteiger partial charge is 0.483 e. The summed E-state index contributed by atoms with van der Waals surface area (Å²) in [5.74, 6) is -0.503. The Hall–Kier alpha value is -2.91. The molecule has 8 rings (SSSR count). The molecule has 4 unspecified atom stereocenters. The molecule has 3 N–H and O–H groups in total. The first kappa shape index (κ1) is 18.6. The number of aromatic carboxylic acids is 1. The molecule has 2 aromatic heterocycles. The van der Waals surface area contributed by atoms with Gasteiger partial charge in [-0.05, 0) is 30.7 Å². The zero-order valence-electron chi connectivity index (χ0n) is 17.0. The number of thiazole rings is 1. The number of carbonyl (C=O) groups is 1. The van der Waals surface area contributed by atoms with Crippen LogP contribution in [0.1, 0.15) is 28.9 Å². The SMILES string of the molecule is NC12C=CC(CC1)C1CN(c3c(F)cc4c(=O)c(C(=O)O)c5scc6n5c4c3OC6)CC12. The predicted molar refractivity (Wildman–Crippen MR) is 118 cm³/mol. The predicted octanol–water partition coefficient (Wildman–Crippen LogP) is 2.97. The fourth-order valence-electron chi connectivity index (χ4n) is 6.45. The highest BCUT2D eigenvalue weighted by Crippen LogP contribution is 2.52. The first-order valence-electron chi connectivity index (χ1n) is 10.8. The lowest BCUT2D eigenvalue weighted by molar-refractivity contribution is 0.0697. The van der Waals surface area contributed by atoms with Crippen LogP contribution in [0.3, 0.4) is 0 Å². The zero-order valence-corrected chi connectivity index (χ0v) is 17.8. The Morgan fingerprint density at radius 1 is 1.38 bits per heavy atom. The van der Waals surface area contributed by atoms with Crippen LogP contribution in [0.15, 0.2) is 28.4 Å². The highest BCUT2D eigenvalue weighted by atomic mass is 32.1. The molecule has 3 aromatic rings. The fourth-order valence-corrected chi connectivity index (χ4v) is 7.49. The first-order valence-corrected chi connectivity index (χ1v) is 11.7. The number of anilines is 1. The summed E-state index contributed by atoms with van der Waals surface area (Å²) in [5.41, 5.74) is 6.90. The van der Waals surface area contributed by atoms with Crippen molar-refractivity contribution in [2.24, 2.45) is 23.5 Å². The third-order valence-electron chi connectivity index (χ3n) is 7.95. The van der Waals surface area contributed by atoms with Crippen molar-refractivity contribution in [3.05, 3.63) is 50.9 Å². The van der Waals surface area contributed by atoms with Crippen LogP contribution >= 0.6 is 11.3 Å². The lowest BCUT2D eigenvalue weighted by Crippen LogP contribution is -2.55. The summed E-state index contributed by atoms with van der Waals surface area (Å²) in [4.78, 5) is 27.3. The Kier molecular flexibility index (Phi) is 3.44. The molecule has 164 valence electrons. The van der Waals surface area contributed by atoms with E-state index >= 15 is 4.39 Å². The summed E-state index contributed by atoms with van der Waals surface area (Å²) >= 11 is 1.19. The molecule has 2 bridgehead atoms. The second-order valence-corrected chi connectivity index (χ2v) is 10.3. The van der Waals surface area contributed by atoms with E-state index in [4.69, 9.17) is 10.5 Å². The number of hydrogen-bond acceptors (Lipinski definition) is 6. The van der Waals surface area contributed by atoms with E-state index in [2.05, 4.69) is 12.2 Å². The molecule has 1 saturated carbocycles. The minimum Gasteiger partial charge on any atom is -0.483 e. The Bertz CT molecular complexity index is 1460. The Labute approximate surface area is 185 Å². The first-order chi connectivity index (χ1) is 15.4. The van der Waals surface area contributed by atoms with Crippen molar-refractivity contribution >= 4 is 38.7 Å². The van der Waals surface area contributed by atoms with Crippen molar-refractivity contribution in [1.29, 1.82) is 0 Å². The van der Waals surface area contributed by atoms with Crippen molar-refractivity contribution in [3.63, 3.8) is 0 Å². The van der Waals surface area contributed by atoms with E-state index < -0.39 is 17.2 Å². The van der Waals surface area contributed by atoms with Gasteiger partial charge in [-0.1, -0.05) is 12.2 Å². The number of fused-ring (bicyclic) bond motifs is 1. The number of rotatable bonds is 2. The van der Waals surface area contributed by atoms with Gasteiger partial charge in [-0.25, -0.2) is 9.18 Å². The van der Waals surface area contributed by atoms with Gasteiger partial charge >= 0.3 is 5.97 Å². The van der Waals surface area contributed by atoms with Gasteiger partial charge in [0.1, 0.15) is 28.2 Å². The van der Waals surface area contributed by atoms with Crippen molar-refractivity contribution in [2.45, 2.75) is 25.0 Å². The molecule has 4 atom stereocenters. The Morgan fingerprint density at radius 2 is 2.22 bits per heavy atom. The van der Waals surface area contributed by atoms with E-state index in [1.165, 1.54) is 17.4 Å². The van der Waals surface area contributed by atoms with Crippen molar-refractivity contribution in [3.8, 4) is 5.75 Å². The van der Waals surface area contributed by atoms with Gasteiger partial charge in [-0.3, -0.25) is 9.20 Å². The van der Waals surface area contributed by atoms with Crippen LogP contribution in [0, 0.1) is 23.6 Å². The minimum absolute atomic E-state index is 0.0316. The summed E-state index contributed by atoms with van der Waals surface area (Å²) in [6, 6.07) is 1.18. The molecule has 1 saturated heterocycles. The highest BCUT2D eigenvalue weighted by molar-refractivity contribution is 7.16. The summed E-state index contributed by atoms with van der Waals surface area (Å²) in [5, 5.41) is 11.5. The molecule has 0 amide bonds. The number of halogens is 1. The number of aromatic nitrogens is 1. The van der Waals surface area contributed by atoms with Gasteiger partial charge in [0.25, 0.3) is 0 Å². The monoisotopic (exact) mass is 453 g/mol. The summed E-state index contributed by atoms with van der Waals surface area (Å²) in [6.07, 6.45) is 6.35. The van der Waals surface area contributed by atoms with E-state index in [0.29, 0.717) is 46.7 Å². The molecule has 5 aliphatic rings. The van der Waals surface area contributed by atoms with Crippen LogP contribution < -0.4 is 20.8 Å². The summed E-state index contributed by atoms with van der Waals surface area (Å²) in [7, 11) is 0. The van der Waals surface area contributed by atoms with E-state index in [9.17, 15) is 14.7 Å². The molecule has 7 nitrogen and oxygen atoms in total. The average molecular weight is 453 g/mol. The molecule has 0 spiro atoms. The number of nitrogens with zero attached hydrogens (tertiary/aromatic N) is 2. The topological polar surface area (TPSA) is 97.3 Å². The zero-order chi connectivity index (χ0) is 21.9. The number of pyridine rings is 1. The van der Waals surface area contributed by atoms with Gasteiger partial charge in [0.2, 0.25) is 5.43 Å². The maximum atomic E-state index is 15.6. The number of carboxylic acid groups (broad SMARTS) is 1. The van der Waals surface area contributed by atoms with E-state index in [0.717, 1.165) is 18.5 Å². The highest BCUT2D eigenvalue weighted by Gasteiger charge is 2.53. The van der Waals surface area contributed by atoms with Gasteiger partial charge in [-0.15, -0.1) is 11.3 Å². The minimum atomic E-state index is -1.31.